The fourth-order valence-electron chi connectivity index (χ4n) is 4.12. The van der Waals surface area contributed by atoms with Gasteiger partial charge in [0.1, 0.15) is 16.7 Å². The Labute approximate surface area is 226 Å². The molecule has 2 fully saturated rings. The van der Waals surface area contributed by atoms with Crippen molar-refractivity contribution in [2.24, 2.45) is 4.99 Å². The summed E-state index contributed by atoms with van der Waals surface area (Å²) in [5, 5.41) is 3.48. The van der Waals surface area contributed by atoms with Gasteiger partial charge in [-0.1, -0.05) is 23.4 Å². The Hall–Kier alpha value is -2.79. The van der Waals surface area contributed by atoms with Gasteiger partial charge in [0.2, 0.25) is 11.8 Å². The third-order valence-corrected chi connectivity index (χ3v) is 7.51. The lowest BCUT2D eigenvalue weighted by atomic mass is 10.2. The number of morpholine rings is 1. The van der Waals surface area contributed by atoms with Gasteiger partial charge in [-0.25, -0.2) is 4.99 Å². The number of benzene rings is 2. The van der Waals surface area contributed by atoms with Crippen LogP contribution in [0.4, 0.5) is 11.4 Å². The molecule has 2 amide bonds. The van der Waals surface area contributed by atoms with Crippen molar-refractivity contribution in [2.75, 3.05) is 58.9 Å². The maximum atomic E-state index is 13.4. The molecule has 9 nitrogen and oxygen atoms in total. The maximum absolute atomic E-state index is 13.4. The fourth-order valence-corrected chi connectivity index (χ4v) is 5.43. The number of ether oxygens (including phenoxy) is 3. The highest BCUT2D eigenvalue weighted by molar-refractivity contribution is 8.15. The van der Waals surface area contributed by atoms with Crippen molar-refractivity contribution in [3.05, 3.63) is 47.5 Å². The van der Waals surface area contributed by atoms with E-state index in [-0.39, 0.29) is 18.2 Å². The van der Waals surface area contributed by atoms with E-state index in [4.69, 9.17) is 30.8 Å². The highest BCUT2D eigenvalue weighted by atomic mass is 35.5. The third kappa shape index (κ3) is 7.38. The Bertz CT molecular complexity index is 1120. The summed E-state index contributed by atoms with van der Waals surface area (Å²) in [6.45, 7) is 4.65. The van der Waals surface area contributed by atoms with Gasteiger partial charge in [0, 0.05) is 43.7 Å². The van der Waals surface area contributed by atoms with Crippen LogP contribution >= 0.6 is 23.4 Å². The van der Waals surface area contributed by atoms with Crippen molar-refractivity contribution in [1.29, 1.82) is 0 Å². The fraction of sp³-hybridized carbons (Fsp3) is 0.423. The third-order valence-electron chi connectivity index (χ3n) is 6.08. The summed E-state index contributed by atoms with van der Waals surface area (Å²) in [6, 6.07) is 12.3. The monoisotopic (exact) mass is 546 g/mol. The van der Waals surface area contributed by atoms with E-state index in [1.807, 2.05) is 0 Å². The molecule has 2 heterocycles. The number of carbonyl (C=O) groups is 2. The molecule has 0 aromatic heterocycles. The maximum Gasteiger partial charge on any atom is 0.242 e. The zero-order valence-corrected chi connectivity index (χ0v) is 22.5. The smallest absolute Gasteiger partial charge is 0.242 e. The summed E-state index contributed by atoms with van der Waals surface area (Å²) in [5.41, 5.74) is 1.18. The van der Waals surface area contributed by atoms with Crippen LogP contribution in [-0.4, -0.2) is 85.6 Å². The number of anilines is 1. The number of hydrogen-bond donors (Lipinski definition) is 1. The highest BCUT2D eigenvalue weighted by Crippen LogP contribution is 2.33. The van der Waals surface area contributed by atoms with E-state index in [9.17, 15) is 9.59 Å². The lowest BCUT2D eigenvalue weighted by Crippen LogP contribution is -2.39. The molecule has 0 saturated carbocycles. The number of aliphatic imine (C=N–C) groups is 1. The number of thioether (sulfide) groups is 1. The predicted molar refractivity (Wildman–Crippen MR) is 146 cm³/mol. The summed E-state index contributed by atoms with van der Waals surface area (Å²) in [4.78, 5) is 35.1. The van der Waals surface area contributed by atoms with E-state index < -0.39 is 5.25 Å². The Morgan fingerprint density at radius 2 is 1.89 bits per heavy atom. The van der Waals surface area contributed by atoms with Gasteiger partial charge in [-0.3, -0.25) is 19.4 Å². The average Bonchev–Trinajstić information content (AvgIpc) is 3.19. The molecule has 2 aliphatic heterocycles. The Balaban J connectivity index is 1.45. The van der Waals surface area contributed by atoms with Crippen LogP contribution in [0.3, 0.4) is 0 Å². The van der Waals surface area contributed by atoms with Gasteiger partial charge in [-0.2, -0.15) is 0 Å². The first-order valence-corrected chi connectivity index (χ1v) is 13.4. The molecule has 0 radical (unpaired) electrons. The Morgan fingerprint density at radius 1 is 1.14 bits per heavy atom. The molecule has 198 valence electrons. The van der Waals surface area contributed by atoms with E-state index in [1.54, 1.807) is 54.5 Å². The molecule has 1 unspecified atom stereocenters. The lowest BCUT2D eigenvalue weighted by molar-refractivity contribution is -0.128. The minimum Gasteiger partial charge on any atom is -0.497 e. The second-order valence-electron chi connectivity index (χ2n) is 8.59. The van der Waals surface area contributed by atoms with Gasteiger partial charge in [0.25, 0.3) is 0 Å². The first kappa shape index (κ1) is 27.3. The second-order valence-corrected chi connectivity index (χ2v) is 10.2. The van der Waals surface area contributed by atoms with Crippen molar-refractivity contribution in [1.82, 2.24) is 9.80 Å². The Morgan fingerprint density at radius 3 is 2.59 bits per heavy atom. The van der Waals surface area contributed by atoms with Crippen LogP contribution in [0.2, 0.25) is 5.02 Å². The molecule has 37 heavy (non-hydrogen) atoms. The van der Waals surface area contributed by atoms with Crippen molar-refractivity contribution < 1.29 is 23.8 Å². The van der Waals surface area contributed by atoms with E-state index in [0.717, 1.165) is 39.3 Å². The number of methoxy groups -OCH3 is 2. The van der Waals surface area contributed by atoms with Crippen LogP contribution in [0.15, 0.2) is 47.5 Å². The van der Waals surface area contributed by atoms with E-state index >= 15 is 0 Å². The number of halogens is 1. The van der Waals surface area contributed by atoms with Crippen molar-refractivity contribution in [3.63, 3.8) is 0 Å². The number of hydrogen-bond acceptors (Lipinski definition) is 8. The SMILES string of the molecule is COc1ccc(OC)c(NC(=O)CC2SC(=Nc3ccc(Cl)cc3)N(CCCN3CCOCC3)C2=O)c1. The summed E-state index contributed by atoms with van der Waals surface area (Å²) < 4.78 is 16.0. The second kappa shape index (κ2) is 13.1. The molecule has 0 spiro atoms. The normalized spacial score (nSPS) is 19.3. The molecule has 2 saturated heterocycles. The number of amidine groups is 1. The lowest BCUT2D eigenvalue weighted by Gasteiger charge is -2.27. The molecule has 2 aromatic rings. The molecule has 0 bridgehead atoms. The van der Waals surface area contributed by atoms with Gasteiger partial charge in [-0.05, 0) is 42.8 Å². The van der Waals surface area contributed by atoms with Crippen LogP contribution < -0.4 is 14.8 Å². The zero-order valence-electron chi connectivity index (χ0n) is 20.9. The van der Waals surface area contributed by atoms with Crippen molar-refractivity contribution in [3.8, 4) is 11.5 Å². The molecule has 2 aliphatic rings. The van der Waals surface area contributed by atoms with Gasteiger partial charge in [-0.15, -0.1) is 0 Å². The highest BCUT2D eigenvalue weighted by Gasteiger charge is 2.39. The van der Waals surface area contributed by atoms with Gasteiger partial charge < -0.3 is 19.5 Å². The summed E-state index contributed by atoms with van der Waals surface area (Å²) in [6.07, 6.45) is 0.801. The summed E-state index contributed by atoms with van der Waals surface area (Å²) in [7, 11) is 3.08. The first-order valence-electron chi connectivity index (χ1n) is 12.1. The average molecular weight is 547 g/mol. The zero-order chi connectivity index (χ0) is 26.2. The van der Waals surface area contributed by atoms with Crippen molar-refractivity contribution in [2.45, 2.75) is 18.1 Å². The van der Waals surface area contributed by atoms with Crippen molar-refractivity contribution >= 4 is 51.7 Å². The number of carbonyl (C=O) groups excluding carboxylic acids is 2. The Kier molecular flexibility index (Phi) is 9.68. The van der Waals surface area contributed by atoms with Gasteiger partial charge in [0.05, 0.1) is 38.8 Å². The van der Waals surface area contributed by atoms with Gasteiger partial charge in [0.15, 0.2) is 5.17 Å². The number of rotatable bonds is 10. The summed E-state index contributed by atoms with van der Waals surface area (Å²) in [5.74, 6) is 0.686. The minimum absolute atomic E-state index is 0.00344. The number of nitrogens with one attached hydrogen (secondary N) is 1. The first-order chi connectivity index (χ1) is 18.0. The minimum atomic E-state index is -0.578. The topological polar surface area (TPSA) is 92.7 Å². The molecular formula is C26H31ClN4O5S. The molecule has 11 heteroatoms. The molecule has 1 N–H and O–H groups in total. The molecule has 0 aliphatic carbocycles. The molecule has 1 atom stereocenters. The molecule has 2 aromatic carbocycles. The van der Waals surface area contributed by atoms with E-state index in [2.05, 4.69) is 10.2 Å². The number of amides is 2. The van der Waals surface area contributed by atoms with E-state index in [0.29, 0.717) is 39.6 Å². The molecule has 4 rings (SSSR count). The van der Waals surface area contributed by atoms with Gasteiger partial charge >= 0.3 is 0 Å². The summed E-state index contributed by atoms with van der Waals surface area (Å²) >= 11 is 7.33. The van der Waals surface area contributed by atoms with Crippen LogP contribution in [0.25, 0.3) is 0 Å². The van der Waals surface area contributed by atoms with Crippen LogP contribution in [0.5, 0.6) is 11.5 Å². The predicted octanol–water partition coefficient (Wildman–Crippen LogP) is 4.04. The van der Waals surface area contributed by atoms with Crippen LogP contribution in [-0.2, 0) is 14.3 Å². The largest absolute Gasteiger partial charge is 0.497 e. The molecular weight excluding hydrogens is 516 g/mol. The van der Waals surface area contributed by atoms with Crippen LogP contribution in [0, 0.1) is 0 Å². The van der Waals surface area contributed by atoms with E-state index in [1.165, 1.54) is 18.9 Å². The standard InChI is InChI=1S/C26H31ClN4O5S/c1-34-20-8-9-22(35-2)21(16-20)29-24(32)17-23-25(33)31(11-3-10-30-12-14-36-15-13-30)26(37-23)28-19-6-4-18(27)5-7-19/h4-9,16,23H,3,10-15,17H2,1-2H3,(H,29,32). The van der Waals surface area contributed by atoms with Crippen LogP contribution in [0.1, 0.15) is 12.8 Å². The number of nitrogens with zero attached hydrogens (tertiary/aromatic N) is 3. The quantitative estimate of drug-likeness (QED) is 0.481.